The van der Waals surface area contributed by atoms with Gasteiger partial charge in [0.1, 0.15) is 5.75 Å². The Balaban J connectivity index is 2.10. The predicted octanol–water partition coefficient (Wildman–Crippen LogP) is 2.54. The van der Waals surface area contributed by atoms with Crippen molar-refractivity contribution in [3.63, 3.8) is 0 Å². The van der Waals surface area contributed by atoms with Crippen LogP contribution in [0.25, 0.3) is 5.57 Å². The average molecular weight is 295 g/mol. The van der Waals surface area contributed by atoms with Gasteiger partial charge in [0.05, 0.1) is 18.4 Å². The number of amides is 2. The van der Waals surface area contributed by atoms with E-state index in [0.717, 1.165) is 4.90 Å². The maximum Gasteiger partial charge on any atom is 0.301 e. The summed E-state index contributed by atoms with van der Waals surface area (Å²) < 4.78 is 5.20. The van der Waals surface area contributed by atoms with Crippen molar-refractivity contribution >= 4 is 23.1 Å². The number of imide groups is 1. The lowest BCUT2D eigenvalue weighted by Gasteiger charge is -2.14. The Morgan fingerprint density at radius 3 is 2.23 bits per heavy atom. The first-order chi connectivity index (χ1) is 10.6. The molecule has 0 aromatic heterocycles. The zero-order valence-electron chi connectivity index (χ0n) is 11.8. The van der Waals surface area contributed by atoms with Gasteiger partial charge in [0, 0.05) is 5.56 Å². The molecule has 0 unspecified atom stereocenters. The zero-order chi connectivity index (χ0) is 15.7. The second-order valence-corrected chi connectivity index (χ2v) is 4.71. The van der Waals surface area contributed by atoms with E-state index in [1.807, 2.05) is 0 Å². The number of nitrogens with zero attached hydrogens (tertiary/aromatic N) is 1. The molecule has 110 valence electrons. The van der Waals surface area contributed by atoms with Crippen molar-refractivity contribution in [1.29, 1.82) is 0 Å². The van der Waals surface area contributed by atoms with Crippen molar-refractivity contribution in [1.82, 2.24) is 0 Å². The minimum Gasteiger partial charge on any atom is -0.502 e. The summed E-state index contributed by atoms with van der Waals surface area (Å²) in [4.78, 5) is 25.8. The van der Waals surface area contributed by atoms with Crippen molar-refractivity contribution in [2.24, 2.45) is 0 Å². The predicted molar refractivity (Wildman–Crippen MR) is 81.5 cm³/mol. The molecule has 0 saturated carbocycles. The van der Waals surface area contributed by atoms with Crippen molar-refractivity contribution in [2.45, 2.75) is 0 Å². The molecule has 3 rings (SSSR count). The summed E-state index contributed by atoms with van der Waals surface area (Å²) in [6, 6.07) is 15.2. The summed E-state index contributed by atoms with van der Waals surface area (Å²) in [6.07, 6.45) is 0. The normalized spacial score (nSPS) is 14.7. The smallest absolute Gasteiger partial charge is 0.301 e. The lowest BCUT2D eigenvalue weighted by Crippen LogP contribution is -2.31. The highest BCUT2D eigenvalue weighted by atomic mass is 16.5. The molecule has 2 aromatic carbocycles. The molecule has 0 radical (unpaired) electrons. The Hall–Kier alpha value is -3.08. The van der Waals surface area contributed by atoms with Crippen molar-refractivity contribution in [2.75, 3.05) is 12.0 Å². The lowest BCUT2D eigenvalue weighted by molar-refractivity contribution is -0.121. The number of carbonyl (C=O) groups excluding carboxylic acids is 2. The number of hydrogen-bond acceptors (Lipinski definition) is 4. The topological polar surface area (TPSA) is 66.8 Å². The molecule has 1 aliphatic heterocycles. The van der Waals surface area contributed by atoms with Crippen LogP contribution in [0.3, 0.4) is 0 Å². The Morgan fingerprint density at radius 2 is 1.55 bits per heavy atom. The van der Waals surface area contributed by atoms with Crippen molar-refractivity contribution in [3.05, 3.63) is 65.9 Å². The van der Waals surface area contributed by atoms with E-state index in [2.05, 4.69) is 0 Å². The molecule has 1 heterocycles. The molecule has 0 atom stereocenters. The number of methoxy groups -OCH3 is 1. The number of aliphatic hydroxyl groups is 1. The second-order valence-electron chi connectivity index (χ2n) is 4.71. The standard InChI is InChI=1S/C17H13NO4/c1-22-13-10-6-5-9-12(13)14-15(19)17(21)18(16(14)20)11-7-3-2-4-8-11/h2-10,19H,1H3. The number of ether oxygens (including phenoxy) is 1. The molecule has 5 nitrogen and oxygen atoms in total. The molecule has 1 aliphatic rings. The molecule has 0 fully saturated rings. The summed E-state index contributed by atoms with van der Waals surface area (Å²) in [6.45, 7) is 0. The largest absolute Gasteiger partial charge is 0.502 e. The van der Waals surface area contributed by atoms with Crippen LogP contribution in [0.5, 0.6) is 5.75 Å². The molecule has 0 bridgehead atoms. The number of rotatable bonds is 3. The van der Waals surface area contributed by atoms with Gasteiger partial charge in [0.2, 0.25) is 0 Å². The van der Waals surface area contributed by atoms with Crippen LogP contribution in [0.1, 0.15) is 5.56 Å². The summed E-state index contributed by atoms with van der Waals surface area (Å²) in [5.41, 5.74) is 0.750. The van der Waals surface area contributed by atoms with Crippen LogP contribution in [0.15, 0.2) is 60.4 Å². The lowest BCUT2D eigenvalue weighted by atomic mass is 10.0. The second kappa shape index (κ2) is 5.37. The first-order valence-electron chi connectivity index (χ1n) is 6.65. The molecule has 0 saturated heterocycles. The van der Waals surface area contributed by atoms with Gasteiger partial charge < -0.3 is 9.84 Å². The van der Waals surface area contributed by atoms with Gasteiger partial charge in [-0.25, -0.2) is 4.90 Å². The number of benzene rings is 2. The molecule has 0 aliphatic carbocycles. The Labute approximate surface area is 127 Å². The summed E-state index contributed by atoms with van der Waals surface area (Å²) >= 11 is 0. The summed E-state index contributed by atoms with van der Waals surface area (Å²) in [5, 5.41) is 10.1. The quantitative estimate of drug-likeness (QED) is 0.884. The maximum atomic E-state index is 12.6. The van der Waals surface area contributed by atoms with Gasteiger partial charge in [0.25, 0.3) is 5.91 Å². The first-order valence-corrected chi connectivity index (χ1v) is 6.65. The van der Waals surface area contributed by atoms with Gasteiger partial charge in [-0.05, 0) is 18.2 Å². The first kappa shape index (κ1) is 13.9. The van der Waals surface area contributed by atoms with E-state index in [1.54, 1.807) is 54.6 Å². The maximum absolute atomic E-state index is 12.6. The van der Waals surface area contributed by atoms with E-state index in [-0.39, 0.29) is 5.57 Å². The van der Waals surface area contributed by atoms with E-state index in [4.69, 9.17) is 4.74 Å². The Bertz CT molecular complexity index is 780. The molecule has 2 amide bonds. The van der Waals surface area contributed by atoms with Gasteiger partial charge in [-0.2, -0.15) is 0 Å². The fourth-order valence-corrected chi connectivity index (χ4v) is 2.42. The van der Waals surface area contributed by atoms with Crippen LogP contribution in [-0.2, 0) is 9.59 Å². The Kier molecular flexibility index (Phi) is 3.39. The van der Waals surface area contributed by atoms with Crippen LogP contribution < -0.4 is 9.64 Å². The highest BCUT2D eigenvalue weighted by molar-refractivity contribution is 6.45. The minimum absolute atomic E-state index is 0.0497. The van der Waals surface area contributed by atoms with Gasteiger partial charge in [0.15, 0.2) is 5.76 Å². The van der Waals surface area contributed by atoms with Crippen molar-refractivity contribution < 1.29 is 19.4 Å². The van der Waals surface area contributed by atoms with Crippen molar-refractivity contribution in [3.8, 4) is 5.75 Å². The van der Waals surface area contributed by atoms with E-state index in [9.17, 15) is 14.7 Å². The third kappa shape index (κ3) is 2.03. The molecular formula is C17H13NO4. The molecule has 22 heavy (non-hydrogen) atoms. The van der Waals surface area contributed by atoms with Crippen LogP contribution in [0.4, 0.5) is 5.69 Å². The molecular weight excluding hydrogens is 282 g/mol. The summed E-state index contributed by atoms with van der Waals surface area (Å²) in [7, 11) is 1.46. The average Bonchev–Trinajstić information content (AvgIpc) is 2.78. The van der Waals surface area contributed by atoms with Gasteiger partial charge in [-0.3, -0.25) is 9.59 Å². The number of anilines is 1. The van der Waals surface area contributed by atoms with E-state index in [0.29, 0.717) is 17.0 Å². The van der Waals surface area contributed by atoms with Crippen LogP contribution >= 0.6 is 0 Å². The number of aliphatic hydroxyl groups excluding tert-OH is 1. The van der Waals surface area contributed by atoms with Crippen LogP contribution in [-0.4, -0.2) is 24.0 Å². The Morgan fingerprint density at radius 1 is 0.909 bits per heavy atom. The highest BCUT2D eigenvalue weighted by Gasteiger charge is 2.41. The number of carbonyl (C=O) groups is 2. The zero-order valence-corrected chi connectivity index (χ0v) is 11.8. The molecule has 5 heteroatoms. The molecule has 0 spiro atoms. The third-order valence-corrected chi connectivity index (χ3v) is 3.45. The van der Waals surface area contributed by atoms with Crippen LogP contribution in [0.2, 0.25) is 0 Å². The van der Waals surface area contributed by atoms with E-state index < -0.39 is 17.6 Å². The third-order valence-electron chi connectivity index (χ3n) is 3.45. The summed E-state index contributed by atoms with van der Waals surface area (Å²) in [5.74, 6) is -1.46. The van der Waals surface area contributed by atoms with Crippen LogP contribution in [0, 0.1) is 0 Å². The molecule has 2 aromatic rings. The van der Waals surface area contributed by atoms with E-state index >= 15 is 0 Å². The fraction of sp³-hybridized carbons (Fsp3) is 0.0588. The highest BCUT2D eigenvalue weighted by Crippen LogP contribution is 2.35. The van der Waals surface area contributed by atoms with E-state index in [1.165, 1.54) is 7.11 Å². The minimum atomic E-state index is -0.739. The SMILES string of the molecule is COc1ccccc1C1=C(O)C(=O)N(c2ccccc2)C1=O. The van der Waals surface area contributed by atoms with Gasteiger partial charge in [-0.15, -0.1) is 0 Å². The number of hydrogen-bond donors (Lipinski definition) is 1. The molecule has 1 N–H and O–H groups in total. The van der Waals surface area contributed by atoms with Gasteiger partial charge in [-0.1, -0.05) is 36.4 Å². The number of para-hydroxylation sites is 2. The fourth-order valence-electron chi connectivity index (χ4n) is 2.42. The monoisotopic (exact) mass is 295 g/mol. The van der Waals surface area contributed by atoms with Gasteiger partial charge >= 0.3 is 5.91 Å².